The Balaban J connectivity index is 2.05. The number of amides is 1. The SMILES string of the molecule is CC(C)S(=O)(=O)CC(=O)N1CCCC2CCCC21. The Morgan fingerprint density at radius 3 is 2.56 bits per heavy atom. The second kappa shape index (κ2) is 5.19. The van der Waals surface area contributed by atoms with Crippen molar-refractivity contribution in [2.75, 3.05) is 12.3 Å². The Kier molecular flexibility index (Phi) is 3.99. The van der Waals surface area contributed by atoms with Gasteiger partial charge in [-0.15, -0.1) is 0 Å². The van der Waals surface area contributed by atoms with Crippen molar-refractivity contribution >= 4 is 15.7 Å². The standard InChI is InChI=1S/C13H23NO3S/c1-10(2)18(16,17)9-13(15)14-8-4-6-11-5-3-7-12(11)14/h10-12H,3-9H2,1-2H3. The first-order chi connectivity index (χ1) is 8.42. The van der Waals surface area contributed by atoms with E-state index in [1.54, 1.807) is 13.8 Å². The smallest absolute Gasteiger partial charge is 0.238 e. The van der Waals surface area contributed by atoms with Gasteiger partial charge in [-0.2, -0.15) is 0 Å². The summed E-state index contributed by atoms with van der Waals surface area (Å²) in [5.74, 6) is 0.123. The zero-order valence-electron chi connectivity index (χ0n) is 11.3. The molecular weight excluding hydrogens is 250 g/mol. The Bertz CT molecular complexity index is 416. The van der Waals surface area contributed by atoms with Crippen LogP contribution in [-0.4, -0.2) is 42.8 Å². The molecule has 1 aliphatic heterocycles. The molecule has 1 saturated carbocycles. The van der Waals surface area contributed by atoms with Gasteiger partial charge in [0.25, 0.3) is 0 Å². The van der Waals surface area contributed by atoms with Gasteiger partial charge in [0.1, 0.15) is 5.75 Å². The molecule has 0 N–H and O–H groups in total. The highest BCUT2D eigenvalue weighted by molar-refractivity contribution is 7.92. The van der Waals surface area contributed by atoms with E-state index >= 15 is 0 Å². The first-order valence-electron chi connectivity index (χ1n) is 6.93. The third-order valence-electron chi connectivity index (χ3n) is 4.36. The van der Waals surface area contributed by atoms with Crippen LogP contribution in [0.5, 0.6) is 0 Å². The minimum atomic E-state index is -3.27. The molecule has 1 saturated heterocycles. The fourth-order valence-corrected chi connectivity index (χ4v) is 4.03. The van der Waals surface area contributed by atoms with Crippen LogP contribution in [0.15, 0.2) is 0 Å². The molecule has 2 rings (SSSR count). The van der Waals surface area contributed by atoms with Gasteiger partial charge in [-0.1, -0.05) is 6.42 Å². The van der Waals surface area contributed by atoms with E-state index in [4.69, 9.17) is 0 Å². The average molecular weight is 273 g/mol. The molecule has 4 nitrogen and oxygen atoms in total. The molecule has 1 amide bonds. The van der Waals surface area contributed by atoms with Crippen molar-refractivity contribution in [1.82, 2.24) is 4.90 Å². The summed E-state index contributed by atoms with van der Waals surface area (Å²) in [4.78, 5) is 14.1. The molecular formula is C13H23NO3S. The zero-order chi connectivity index (χ0) is 13.3. The minimum Gasteiger partial charge on any atom is -0.339 e. The van der Waals surface area contributed by atoms with Crippen LogP contribution < -0.4 is 0 Å². The third kappa shape index (κ3) is 2.71. The average Bonchev–Trinajstić information content (AvgIpc) is 2.75. The van der Waals surface area contributed by atoms with Gasteiger partial charge in [0.05, 0.1) is 5.25 Å². The number of piperidine rings is 1. The van der Waals surface area contributed by atoms with Gasteiger partial charge in [0, 0.05) is 12.6 Å². The molecule has 0 aromatic rings. The van der Waals surface area contributed by atoms with Crippen LogP contribution in [0.1, 0.15) is 46.0 Å². The van der Waals surface area contributed by atoms with E-state index in [1.807, 2.05) is 4.90 Å². The second-order valence-electron chi connectivity index (χ2n) is 5.84. The quantitative estimate of drug-likeness (QED) is 0.785. The van der Waals surface area contributed by atoms with Gasteiger partial charge >= 0.3 is 0 Å². The molecule has 1 aliphatic carbocycles. The Morgan fingerprint density at radius 1 is 1.22 bits per heavy atom. The van der Waals surface area contributed by atoms with E-state index < -0.39 is 15.1 Å². The molecule has 0 spiro atoms. The number of fused-ring (bicyclic) bond motifs is 1. The number of likely N-dealkylation sites (tertiary alicyclic amines) is 1. The van der Waals surface area contributed by atoms with Crippen LogP contribution in [0, 0.1) is 5.92 Å². The van der Waals surface area contributed by atoms with Crippen LogP contribution in [0.4, 0.5) is 0 Å². The molecule has 0 aromatic carbocycles. The van der Waals surface area contributed by atoms with Gasteiger partial charge in [0.2, 0.25) is 5.91 Å². The number of hydrogen-bond acceptors (Lipinski definition) is 3. The summed E-state index contributed by atoms with van der Waals surface area (Å²) in [7, 11) is -3.27. The Labute approximate surface area is 110 Å². The van der Waals surface area contributed by atoms with Crippen LogP contribution in [-0.2, 0) is 14.6 Å². The molecule has 5 heteroatoms. The molecule has 0 bridgehead atoms. The summed E-state index contributed by atoms with van der Waals surface area (Å²) in [5.41, 5.74) is 0. The van der Waals surface area contributed by atoms with Crippen molar-refractivity contribution in [3.8, 4) is 0 Å². The van der Waals surface area contributed by atoms with Gasteiger partial charge in [0.15, 0.2) is 9.84 Å². The maximum Gasteiger partial charge on any atom is 0.238 e. The van der Waals surface area contributed by atoms with Crippen LogP contribution in [0.2, 0.25) is 0 Å². The number of rotatable bonds is 3. The molecule has 2 unspecified atom stereocenters. The molecule has 1 heterocycles. The monoisotopic (exact) mass is 273 g/mol. The van der Waals surface area contributed by atoms with Crippen molar-refractivity contribution in [2.24, 2.45) is 5.92 Å². The molecule has 2 atom stereocenters. The van der Waals surface area contributed by atoms with E-state index in [1.165, 1.54) is 19.3 Å². The van der Waals surface area contributed by atoms with Crippen LogP contribution >= 0.6 is 0 Å². The zero-order valence-corrected chi connectivity index (χ0v) is 12.1. The number of carbonyl (C=O) groups is 1. The summed E-state index contributed by atoms with van der Waals surface area (Å²) in [6.45, 7) is 4.02. The molecule has 2 fully saturated rings. The van der Waals surface area contributed by atoms with Crippen molar-refractivity contribution in [2.45, 2.75) is 57.2 Å². The first-order valence-corrected chi connectivity index (χ1v) is 8.64. The lowest BCUT2D eigenvalue weighted by Gasteiger charge is -2.37. The molecule has 18 heavy (non-hydrogen) atoms. The highest BCUT2D eigenvalue weighted by Crippen LogP contribution is 2.36. The van der Waals surface area contributed by atoms with Gasteiger partial charge in [-0.3, -0.25) is 4.79 Å². The number of carbonyl (C=O) groups excluding carboxylic acids is 1. The van der Waals surface area contributed by atoms with Gasteiger partial charge in [-0.05, 0) is 45.4 Å². The minimum absolute atomic E-state index is 0.180. The van der Waals surface area contributed by atoms with E-state index in [9.17, 15) is 13.2 Å². The normalized spacial score (nSPS) is 28.5. The molecule has 2 aliphatic rings. The number of nitrogens with zero attached hydrogens (tertiary/aromatic N) is 1. The second-order valence-corrected chi connectivity index (χ2v) is 8.40. The van der Waals surface area contributed by atoms with E-state index in [-0.39, 0.29) is 11.7 Å². The van der Waals surface area contributed by atoms with E-state index in [0.29, 0.717) is 12.0 Å². The summed E-state index contributed by atoms with van der Waals surface area (Å²) in [5, 5.41) is -0.467. The topological polar surface area (TPSA) is 54.5 Å². The number of hydrogen-bond donors (Lipinski definition) is 0. The summed E-state index contributed by atoms with van der Waals surface area (Å²) < 4.78 is 23.7. The lowest BCUT2D eigenvalue weighted by Crippen LogP contribution is -2.48. The largest absolute Gasteiger partial charge is 0.339 e. The predicted molar refractivity (Wildman–Crippen MR) is 71.0 cm³/mol. The van der Waals surface area contributed by atoms with E-state index in [2.05, 4.69) is 0 Å². The van der Waals surface area contributed by atoms with Crippen LogP contribution in [0.3, 0.4) is 0 Å². The Hall–Kier alpha value is -0.580. The molecule has 0 radical (unpaired) electrons. The van der Waals surface area contributed by atoms with Crippen molar-refractivity contribution in [3.05, 3.63) is 0 Å². The van der Waals surface area contributed by atoms with Crippen molar-refractivity contribution in [1.29, 1.82) is 0 Å². The van der Waals surface area contributed by atoms with Crippen molar-refractivity contribution < 1.29 is 13.2 Å². The van der Waals surface area contributed by atoms with Gasteiger partial charge in [-0.25, -0.2) is 8.42 Å². The highest BCUT2D eigenvalue weighted by atomic mass is 32.2. The first kappa shape index (κ1) is 13.8. The highest BCUT2D eigenvalue weighted by Gasteiger charge is 2.38. The maximum atomic E-state index is 12.2. The fourth-order valence-electron chi connectivity index (χ4n) is 3.19. The predicted octanol–water partition coefficient (Wildman–Crippen LogP) is 1.60. The van der Waals surface area contributed by atoms with Crippen LogP contribution in [0.25, 0.3) is 0 Å². The fraction of sp³-hybridized carbons (Fsp3) is 0.923. The number of sulfone groups is 1. The lowest BCUT2D eigenvalue weighted by atomic mass is 9.92. The summed E-state index contributed by atoms with van der Waals surface area (Å²) in [6.07, 6.45) is 5.65. The lowest BCUT2D eigenvalue weighted by molar-refractivity contribution is -0.133. The maximum absolute atomic E-state index is 12.2. The Morgan fingerprint density at radius 2 is 1.89 bits per heavy atom. The molecule has 0 aromatic heterocycles. The summed E-state index contributed by atoms with van der Waals surface area (Å²) in [6, 6.07) is 0.314. The van der Waals surface area contributed by atoms with Crippen molar-refractivity contribution in [3.63, 3.8) is 0 Å². The van der Waals surface area contributed by atoms with Gasteiger partial charge < -0.3 is 4.90 Å². The summed E-state index contributed by atoms with van der Waals surface area (Å²) >= 11 is 0. The van der Waals surface area contributed by atoms with E-state index in [0.717, 1.165) is 19.4 Å². The molecule has 104 valence electrons. The third-order valence-corrected chi connectivity index (χ3v) is 6.44.